The Hall–Kier alpha value is -3.53. The largest absolute Gasteiger partial charge is 0.485 e. The van der Waals surface area contributed by atoms with Crippen LogP contribution >= 0.6 is 11.8 Å². The van der Waals surface area contributed by atoms with Crippen molar-refractivity contribution in [2.75, 3.05) is 38.5 Å². The van der Waals surface area contributed by atoms with Crippen LogP contribution in [0.4, 0.5) is 0 Å². The summed E-state index contributed by atoms with van der Waals surface area (Å²) in [5.41, 5.74) is 1.92. The van der Waals surface area contributed by atoms with E-state index in [-0.39, 0.29) is 24.2 Å². The molecule has 0 bridgehead atoms. The Kier molecular flexibility index (Phi) is 6.39. The maximum absolute atomic E-state index is 12.9. The zero-order valence-corrected chi connectivity index (χ0v) is 19.5. The summed E-state index contributed by atoms with van der Waals surface area (Å²) < 4.78 is 17.2. The maximum atomic E-state index is 12.9. The molecule has 2 amide bonds. The van der Waals surface area contributed by atoms with Gasteiger partial charge in [0.2, 0.25) is 17.9 Å². The average molecular weight is 481 g/mol. The Morgan fingerprint density at radius 1 is 0.971 bits per heavy atom. The third kappa shape index (κ3) is 4.72. The molecule has 3 aromatic rings. The first kappa shape index (κ1) is 22.3. The van der Waals surface area contributed by atoms with Crippen molar-refractivity contribution in [2.45, 2.75) is 18.3 Å². The number of ether oxygens (including phenoxy) is 2. The van der Waals surface area contributed by atoms with E-state index in [0.29, 0.717) is 48.8 Å². The van der Waals surface area contributed by atoms with Gasteiger partial charge in [0.15, 0.2) is 11.5 Å². The number of carbonyl (C=O) groups excluding carboxylic acids is 2. The lowest BCUT2D eigenvalue weighted by atomic mass is 10.1. The fraction of sp³-hybridized carbons (Fsp3) is 0.333. The zero-order valence-electron chi connectivity index (χ0n) is 18.7. The topological polar surface area (TPSA) is 98.0 Å². The highest BCUT2D eigenvalue weighted by atomic mass is 32.2. The first-order valence-electron chi connectivity index (χ1n) is 11.1. The molecule has 0 saturated carbocycles. The number of aryl methyl sites for hydroxylation is 1. The fourth-order valence-corrected chi connectivity index (χ4v) is 4.59. The second-order valence-electron chi connectivity index (χ2n) is 8.05. The van der Waals surface area contributed by atoms with E-state index in [1.807, 2.05) is 49.4 Å². The van der Waals surface area contributed by atoms with Crippen LogP contribution in [-0.2, 0) is 9.59 Å². The van der Waals surface area contributed by atoms with Crippen LogP contribution in [0.1, 0.15) is 5.56 Å². The number of thioether (sulfide) groups is 1. The highest BCUT2D eigenvalue weighted by molar-refractivity contribution is 7.99. The molecule has 2 aliphatic rings. The molecule has 2 aliphatic heterocycles. The minimum Gasteiger partial charge on any atom is -0.485 e. The van der Waals surface area contributed by atoms with E-state index in [9.17, 15) is 9.59 Å². The summed E-state index contributed by atoms with van der Waals surface area (Å²) in [6, 6.07) is 15.1. The molecule has 1 unspecified atom stereocenters. The van der Waals surface area contributed by atoms with Gasteiger partial charge in [0.25, 0.3) is 11.1 Å². The van der Waals surface area contributed by atoms with Crippen LogP contribution in [0.15, 0.2) is 58.2 Å². The number of hydrogen-bond acceptors (Lipinski definition) is 8. The monoisotopic (exact) mass is 480 g/mol. The first-order chi connectivity index (χ1) is 16.6. The number of fused-ring (bicyclic) bond motifs is 1. The summed E-state index contributed by atoms with van der Waals surface area (Å²) >= 11 is 1.22. The molecule has 0 radical (unpaired) electrons. The van der Waals surface area contributed by atoms with Crippen LogP contribution in [0.5, 0.6) is 11.5 Å². The average Bonchev–Trinajstić information content (AvgIpc) is 3.35. The first-order valence-corrected chi connectivity index (χ1v) is 12.0. The minimum atomic E-state index is -0.673. The van der Waals surface area contributed by atoms with Gasteiger partial charge in [0.05, 0.1) is 5.75 Å². The third-order valence-electron chi connectivity index (χ3n) is 5.83. The van der Waals surface area contributed by atoms with Gasteiger partial charge in [-0.1, -0.05) is 42.1 Å². The number of para-hydroxylation sites is 2. The smallest absolute Gasteiger partial charge is 0.277 e. The number of benzene rings is 2. The number of nitrogens with zero attached hydrogens (tertiary/aromatic N) is 4. The standard InChI is InChI=1S/C24H24N4O5S/c1-16-6-2-3-7-17(16)22-25-26-24(33-22)34-15-21(29)27-10-12-28(13-11-27)23(30)20-14-31-18-8-4-5-9-19(18)32-20/h2-9,20H,10-15H2,1H3. The number of rotatable bonds is 5. The molecule has 3 heterocycles. The molecule has 1 aromatic heterocycles. The molecule has 34 heavy (non-hydrogen) atoms. The van der Waals surface area contributed by atoms with Crippen molar-refractivity contribution in [3.05, 3.63) is 54.1 Å². The van der Waals surface area contributed by atoms with Gasteiger partial charge in [-0.15, -0.1) is 10.2 Å². The Morgan fingerprint density at radius 3 is 2.47 bits per heavy atom. The van der Waals surface area contributed by atoms with E-state index in [4.69, 9.17) is 13.9 Å². The molecule has 176 valence electrons. The van der Waals surface area contributed by atoms with Crippen LogP contribution in [0.3, 0.4) is 0 Å². The molecule has 10 heteroatoms. The molecule has 2 aromatic carbocycles. The number of hydrogen-bond donors (Lipinski definition) is 0. The van der Waals surface area contributed by atoms with Crippen LogP contribution < -0.4 is 9.47 Å². The Morgan fingerprint density at radius 2 is 1.68 bits per heavy atom. The molecule has 5 rings (SSSR count). The van der Waals surface area contributed by atoms with E-state index in [1.54, 1.807) is 15.9 Å². The van der Waals surface area contributed by atoms with Gasteiger partial charge in [0, 0.05) is 31.7 Å². The van der Waals surface area contributed by atoms with Gasteiger partial charge in [-0.2, -0.15) is 0 Å². The van der Waals surface area contributed by atoms with Crippen molar-refractivity contribution in [2.24, 2.45) is 0 Å². The lowest BCUT2D eigenvalue weighted by Gasteiger charge is -2.37. The molecule has 0 N–H and O–H groups in total. The summed E-state index contributed by atoms with van der Waals surface area (Å²) in [4.78, 5) is 29.0. The predicted molar refractivity (Wildman–Crippen MR) is 125 cm³/mol. The summed E-state index contributed by atoms with van der Waals surface area (Å²) in [5, 5.41) is 8.50. The molecule has 1 atom stereocenters. The van der Waals surface area contributed by atoms with Gasteiger partial charge in [0.1, 0.15) is 6.61 Å². The van der Waals surface area contributed by atoms with Gasteiger partial charge in [-0.25, -0.2) is 0 Å². The normalized spacial score (nSPS) is 17.5. The third-order valence-corrected chi connectivity index (χ3v) is 6.63. The van der Waals surface area contributed by atoms with E-state index < -0.39 is 6.10 Å². The highest BCUT2D eigenvalue weighted by Gasteiger charge is 2.33. The van der Waals surface area contributed by atoms with Crippen LogP contribution in [0.2, 0.25) is 0 Å². The number of aromatic nitrogens is 2. The second kappa shape index (κ2) is 9.76. The molecule has 0 aliphatic carbocycles. The molecule has 0 spiro atoms. The van der Waals surface area contributed by atoms with Crippen molar-refractivity contribution in [1.82, 2.24) is 20.0 Å². The Balaban J connectivity index is 1.10. The van der Waals surface area contributed by atoms with Crippen LogP contribution in [0.25, 0.3) is 11.5 Å². The second-order valence-corrected chi connectivity index (χ2v) is 8.97. The summed E-state index contributed by atoms with van der Waals surface area (Å²) in [5.74, 6) is 1.71. The van der Waals surface area contributed by atoms with Crippen molar-refractivity contribution >= 4 is 23.6 Å². The van der Waals surface area contributed by atoms with E-state index in [1.165, 1.54) is 11.8 Å². The SMILES string of the molecule is Cc1ccccc1-c1nnc(SCC(=O)N2CCN(C(=O)C3COc4ccccc4O3)CC2)o1. The fourth-order valence-electron chi connectivity index (χ4n) is 3.93. The van der Waals surface area contributed by atoms with Crippen molar-refractivity contribution in [3.8, 4) is 23.0 Å². The minimum absolute atomic E-state index is 0.0288. The Labute approximate surface area is 201 Å². The van der Waals surface area contributed by atoms with Crippen molar-refractivity contribution in [1.29, 1.82) is 0 Å². The lowest BCUT2D eigenvalue weighted by Crippen LogP contribution is -2.55. The lowest BCUT2D eigenvalue weighted by molar-refractivity contribution is -0.145. The van der Waals surface area contributed by atoms with Gasteiger partial charge in [-0.05, 0) is 30.7 Å². The van der Waals surface area contributed by atoms with Gasteiger partial charge < -0.3 is 23.7 Å². The van der Waals surface area contributed by atoms with Crippen molar-refractivity contribution < 1.29 is 23.5 Å². The van der Waals surface area contributed by atoms with E-state index in [2.05, 4.69) is 10.2 Å². The predicted octanol–water partition coefficient (Wildman–Crippen LogP) is 2.65. The molecule has 1 fully saturated rings. The van der Waals surface area contributed by atoms with E-state index in [0.717, 1.165) is 11.1 Å². The molecule has 9 nitrogen and oxygen atoms in total. The quantitative estimate of drug-likeness (QED) is 0.514. The number of piperazine rings is 1. The zero-order chi connectivity index (χ0) is 23.5. The summed E-state index contributed by atoms with van der Waals surface area (Å²) in [7, 11) is 0. The number of carbonyl (C=O) groups is 2. The molecule has 1 saturated heterocycles. The highest BCUT2D eigenvalue weighted by Crippen LogP contribution is 2.31. The van der Waals surface area contributed by atoms with Crippen LogP contribution in [-0.4, -0.2) is 76.5 Å². The van der Waals surface area contributed by atoms with Gasteiger partial charge in [-0.3, -0.25) is 9.59 Å². The molecular weight excluding hydrogens is 456 g/mol. The molecular formula is C24H24N4O5S. The number of amides is 2. The summed E-state index contributed by atoms with van der Waals surface area (Å²) in [6.45, 7) is 4.00. The van der Waals surface area contributed by atoms with Crippen LogP contribution in [0, 0.1) is 6.92 Å². The maximum Gasteiger partial charge on any atom is 0.277 e. The Bertz CT molecular complexity index is 1190. The van der Waals surface area contributed by atoms with Crippen molar-refractivity contribution in [3.63, 3.8) is 0 Å². The van der Waals surface area contributed by atoms with E-state index >= 15 is 0 Å². The van der Waals surface area contributed by atoms with Gasteiger partial charge >= 0.3 is 0 Å². The summed E-state index contributed by atoms with van der Waals surface area (Å²) in [6.07, 6.45) is -0.673.